The molecule has 0 amide bonds. The van der Waals surface area contributed by atoms with Crippen LogP contribution in [0.5, 0.6) is 0 Å². The van der Waals surface area contributed by atoms with Crippen molar-refractivity contribution in [2.45, 2.75) is 12.5 Å². The molecular weight excluding hydrogens is 281 g/mol. The van der Waals surface area contributed by atoms with Crippen LogP contribution in [0.25, 0.3) is 0 Å². The lowest BCUT2D eigenvalue weighted by Gasteiger charge is -2.18. The fourth-order valence-corrected chi connectivity index (χ4v) is 1.33. The fraction of sp³-hybridized carbons (Fsp3) is 0.875. The highest BCUT2D eigenvalue weighted by atomic mass is 127. The van der Waals surface area contributed by atoms with Crippen LogP contribution in [0.1, 0.15) is 6.42 Å². The first-order valence-corrected chi connectivity index (χ1v) is 4.23. The summed E-state index contributed by atoms with van der Waals surface area (Å²) in [6, 6.07) is 0.451. The van der Waals surface area contributed by atoms with Gasteiger partial charge in [0.05, 0.1) is 34.4 Å². The molecule has 2 N–H and O–H groups in total. The third-order valence-corrected chi connectivity index (χ3v) is 2.27. The Labute approximate surface area is 96.8 Å². The van der Waals surface area contributed by atoms with Gasteiger partial charge in [0.1, 0.15) is 6.04 Å². The lowest BCUT2D eigenvalue weighted by atomic mass is 10.2. The molecule has 0 radical (unpaired) electrons. The first-order chi connectivity index (χ1) is 5.63. The minimum Gasteiger partial charge on any atom is -1.00 e. The zero-order chi connectivity index (χ0) is 9.14. The highest BCUT2D eigenvalue weighted by Crippen LogP contribution is 2.09. The zero-order valence-corrected chi connectivity index (χ0v) is 10.6. The second kappa shape index (κ2) is 5.64. The molecule has 0 saturated carbocycles. The number of nitrogens with zero attached hydrogens (tertiary/aromatic N) is 2. The Morgan fingerprint density at radius 1 is 1.54 bits per heavy atom. The number of hydrogen-bond donors (Lipinski definition) is 1. The van der Waals surface area contributed by atoms with Crippen molar-refractivity contribution in [3.63, 3.8) is 0 Å². The Morgan fingerprint density at radius 3 is 2.54 bits per heavy atom. The van der Waals surface area contributed by atoms with Crippen LogP contribution in [0.15, 0.2) is 0 Å². The topological polar surface area (TPSA) is 41.5 Å². The van der Waals surface area contributed by atoms with Gasteiger partial charge in [0, 0.05) is 6.42 Å². The molecule has 0 aromatic heterocycles. The van der Waals surface area contributed by atoms with Crippen LogP contribution < -0.4 is 29.7 Å². The highest BCUT2D eigenvalue weighted by molar-refractivity contribution is 5.72. The van der Waals surface area contributed by atoms with E-state index in [-0.39, 0.29) is 24.0 Å². The van der Waals surface area contributed by atoms with Gasteiger partial charge >= 0.3 is 5.96 Å². The van der Waals surface area contributed by atoms with Crippen molar-refractivity contribution >= 4 is 5.96 Å². The van der Waals surface area contributed by atoms with Crippen molar-refractivity contribution in [2.24, 2.45) is 5.73 Å². The summed E-state index contributed by atoms with van der Waals surface area (Å²) >= 11 is 0. The van der Waals surface area contributed by atoms with Crippen LogP contribution in [0, 0.1) is 0 Å². The molecule has 0 bridgehead atoms. The van der Waals surface area contributed by atoms with Gasteiger partial charge in [-0.1, -0.05) is 0 Å². The van der Waals surface area contributed by atoms with Crippen LogP contribution in [0.4, 0.5) is 0 Å². The number of nitrogens with two attached hydrogens (primary N) is 1. The van der Waals surface area contributed by atoms with Crippen molar-refractivity contribution in [1.82, 2.24) is 4.90 Å². The van der Waals surface area contributed by atoms with E-state index in [1.165, 1.54) is 0 Å². The molecule has 5 heteroatoms. The Morgan fingerprint density at radius 2 is 2.15 bits per heavy atom. The van der Waals surface area contributed by atoms with Crippen molar-refractivity contribution in [3.8, 4) is 0 Å². The Hall–Kier alpha value is -0.0400. The summed E-state index contributed by atoms with van der Waals surface area (Å²) < 4.78 is 7.19. The van der Waals surface area contributed by atoms with Gasteiger partial charge in [-0.25, -0.2) is 0 Å². The average Bonchev–Trinajstić information content (AvgIpc) is 2.53. The highest BCUT2D eigenvalue weighted by Gasteiger charge is 2.26. The predicted molar refractivity (Wildman–Crippen MR) is 48.3 cm³/mol. The summed E-state index contributed by atoms with van der Waals surface area (Å²) in [5.74, 6) is 0.797. The molecule has 0 spiro atoms. The van der Waals surface area contributed by atoms with Crippen LogP contribution >= 0.6 is 0 Å². The van der Waals surface area contributed by atoms with E-state index in [1.54, 1.807) is 0 Å². The van der Waals surface area contributed by atoms with Gasteiger partial charge in [-0.3, -0.25) is 15.2 Å². The van der Waals surface area contributed by atoms with E-state index in [1.807, 2.05) is 25.7 Å². The number of rotatable bonds is 1. The maximum Gasteiger partial charge on any atom is 0.345 e. The monoisotopic (exact) mass is 299 g/mol. The quantitative estimate of drug-likeness (QED) is 0.235. The van der Waals surface area contributed by atoms with Gasteiger partial charge in [-0.2, -0.15) is 0 Å². The lowest BCUT2D eigenvalue weighted by Crippen LogP contribution is -3.00. The van der Waals surface area contributed by atoms with Gasteiger partial charge in [-0.15, -0.1) is 0 Å². The second-order valence-electron chi connectivity index (χ2n) is 3.38. The second-order valence-corrected chi connectivity index (χ2v) is 3.38. The van der Waals surface area contributed by atoms with Crippen LogP contribution in [-0.4, -0.2) is 55.8 Å². The number of halogens is 1. The summed E-state index contributed by atoms with van der Waals surface area (Å²) in [5, 5.41) is 0. The van der Waals surface area contributed by atoms with E-state index in [0.717, 1.165) is 25.6 Å². The van der Waals surface area contributed by atoms with E-state index in [4.69, 9.17) is 10.5 Å². The molecule has 78 valence electrons. The van der Waals surface area contributed by atoms with Crippen molar-refractivity contribution in [3.05, 3.63) is 0 Å². The number of ether oxygens (including phenoxy) is 1. The minimum absolute atomic E-state index is 0. The van der Waals surface area contributed by atoms with Gasteiger partial charge in [-0.05, 0) is 0 Å². The first-order valence-electron chi connectivity index (χ1n) is 4.23. The molecule has 4 nitrogen and oxygen atoms in total. The van der Waals surface area contributed by atoms with Crippen molar-refractivity contribution in [2.75, 3.05) is 34.4 Å². The Bertz CT molecular complexity index is 186. The van der Waals surface area contributed by atoms with Crippen LogP contribution in [0.3, 0.4) is 0 Å². The molecular formula is C8H18IN3O. The molecule has 13 heavy (non-hydrogen) atoms. The van der Waals surface area contributed by atoms with Gasteiger partial charge in [0.25, 0.3) is 0 Å². The minimum atomic E-state index is 0. The number of hydrogen-bond acceptors (Lipinski definition) is 1. The molecule has 0 aromatic carbocycles. The van der Waals surface area contributed by atoms with Crippen LogP contribution in [-0.2, 0) is 4.74 Å². The molecule has 1 heterocycles. The molecule has 1 aliphatic heterocycles. The summed E-state index contributed by atoms with van der Waals surface area (Å²) in [7, 11) is 5.90. The third kappa shape index (κ3) is 3.30. The molecule has 0 aromatic rings. The van der Waals surface area contributed by atoms with E-state index < -0.39 is 0 Å². The lowest BCUT2D eigenvalue weighted by molar-refractivity contribution is -0.471. The Balaban J connectivity index is 0.00000144. The third-order valence-electron chi connectivity index (χ3n) is 2.27. The summed E-state index contributed by atoms with van der Waals surface area (Å²) in [6.07, 6.45) is 1.07. The largest absolute Gasteiger partial charge is 1.00 e. The molecule has 1 atom stereocenters. The molecule has 1 rings (SSSR count). The van der Waals surface area contributed by atoms with Crippen LogP contribution in [0.2, 0.25) is 0 Å². The van der Waals surface area contributed by atoms with E-state index in [9.17, 15) is 0 Å². The predicted octanol–water partition coefficient (Wildman–Crippen LogP) is -3.70. The van der Waals surface area contributed by atoms with E-state index in [2.05, 4.69) is 4.90 Å². The van der Waals surface area contributed by atoms with Crippen molar-refractivity contribution < 1.29 is 33.3 Å². The normalized spacial score (nSPS) is 20.7. The molecule has 1 saturated heterocycles. The fourth-order valence-electron chi connectivity index (χ4n) is 1.33. The zero-order valence-electron chi connectivity index (χ0n) is 8.46. The van der Waals surface area contributed by atoms with E-state index in [0.29, 0.717) is 6.04 Å². The maximum atomic E-state index is 5.85. The smallest absolute Gasteiger partial charge is 0.345 e. The molecule has 1 aliphatic rings. The first kappa shape index (κ1) is 13.0. The van der Waals surface area contributed by atoms with Crippen molar-refractivity contribution in [1.29, 1.82) is 0 Å². The summed E-state index contributed by atoms with van der Waals surface area (Å²) in [6.45, 7) is 1.65. The number of guanidine groups is 1. The maximum absolute atomic E-state index is 5.85. The van der Waals surface area contributed by atoms with Gasteiger partial charge < -0.3 is 28.7 Å². The SMILES string of the molecule is CN(C(N)=[N+](C)C)C1CCOC1.[I-]. The Kier molecular flexibility index (Phi) is 5.62. The molecule has 0 aliphatic carbocycles. The molecule has 1 fully saturated rings. The van der Waals surface area contributed by atoms with Gasteiger partial charge in [0.15, 0.2) is 0 Å². The van der Waals surface area contributed by atoms with E-state index >= 15 is 0 Å². The molecule has 1 unspecified atom stereocenters. The standard InChI is InChI=1S/C8H17N3O.HI/c1-10(2)8(9)11(3)7-4-5-12-6-7;/h7,9H,4-6H2,1-3H3;1H. The van der Waals surface area contributed by atoms with Gasteiger partial charge in [0.2, 0.25) is 0 Å². The average molecular weight is 299 g/mol. The number of likely N-dealkylation sites (N-methyl/N-ethyl adjacent to an activating group) is 1. The summed E-state index contributed by atoms with van der Waals surface area (Å²) in [5.41, 5.74) is 5.85. The summed E-state index contributed by atoms with van der Waals surface area (Å²) in [4.78, 5) is 2.08.